The van der Waals surface area contributed by atoms with E-state index in [0.29, 0.717) is 11.9 Å². The van der Waals surface area contributed by atoms with Crippen molar-refractivity contribution in [1.29, 1.82) is 0 Å². The molecule has 0 unspecified atom stereocenters. The topological polar surface area (TPSA) is 106 Å². The molecule has 1 saturated heterocycles. The third-order valence-electron chi connectivity index (χ3n) is 6.24. The van der Waals surface area contributed by atoms with Gasteiger partial charge in [0.15, 0.2) is 0 Å². The Hall–Kier alpha value is -3.10. The van der Waals surface area contributed by atoms with Gasteiger partial charge in [-0.05, 0) is 49.9 Å². The van der Waals surface area contributed by atoms with Crippen LogP contribution in [0.15, 0.2) is 36.9 Å². The molecule has 5 heterocycles. The Kier molecular flexibility index (Phi) is 5.25. The first-order valence-electron chi connectivity index (χ1n) is 10.8. The monoisotopic (exact) mass is 417 g/mol. The van der Waals surface area contributed by atoms with Crippen molar-refractivity contribution in [3.63, 3.8) is 0 Å². The lowest BCUT2D eigenvalue weighted by atomic mass is 10.0. The molecule has 8 heteroatoms. The van der Waals surface area contributed by atoms with Crippen molar-refractivity contribution in [2.24, 2.45) is 0 Å². The van der Waals surface area contributed by atoms with E-state index in [2.05, 4.69) is 24.4 Å². The minimum absolute atomic E-state index is 0.252. The number of anilines is 1. The van der Waals surface area contributed by atoms with Crippen molar-refractivity contribution in [1.82, 2.24) is 29.4 Å². The summed E-state index contributed by atoms with van der Waals surface area (Å²) in [5.41, 5.74) is 12.3. The van der Waals surface area contributed by atoms with Crippen LogP contribution in [0.5, 0.6) is 0 Å². The van der Waals surface area contributed by atoms with Crippen LogP contribution < -0.4 is 5.73 Å². The summed E-state index contributed by atoms with van der Waals surface area (Å²) in [7, 11) is 0. The fourth-order valence-corrected chi connectivity index (χ4v) is 4.45. The Balaban J connectivity index is 1.53. The minimum atomic E-state index is 0.252. The highest BCUT2D eigenvalue weighted by Crippen LogP contribution is 2.31. The second-order valence-electron chi connectivity index (χ2n) is 8.28. The van der Waals surface area contributed by atoms with Gasteiger partial charge in [0.2, 0.25) is 0 Å². The van der Waals surface area contributed by atoms with Gasteiger partial charge in [0, 0.05) is 44.0 Å². The van der Waals surface area contributed by atoms with Crippen LogP contribution in [0, 0.1) is 6.92 Å². The average molecular weight is 418 g/mol. The highest BCUT2D eigenvalue weighted by atomic mass is 16.3. The summed E-state index contributed by atoms with van der Waals surface area (Å²) in [4.78, 5) is 20.9. The molecule has 1 aliphatic rings. The summed E-state index contributed by atoms with van der Waals surface area (Å²) < 4.78 is 2.28. The van der Waals surface area contributed by atoms with Gasteiger partial charge in [-0.15, -0.1) is 0 Å². The number of nitrogens with two attached hydrogens (primary N) is 1. The van der Waals surface area contributed by atoms with E-state index in [-0.39, 0.29) is 6.61 Å². The number of nitrogens with zero attached hydrogens (tertiary/aromatic N) is 6. The maximum absolute atomic E-state index is 9.09. The van der Waals surface area contributed by atoms with Gasteiger partial charge in [-0.1, -0.05) is 0 Å². The lowest BCUT2D eigenvalue weighted by Gasteiger charge is -2.32. The van der Waals surface area contributed by atoms with E-state index in [0.717, 1.165) is 77.8 Å². The molecule has 1 aliphatic heterocycles. The molecule has 8 nitrogen and oxygen atoms in total. The number of aryl methyl sites for hydroxylation is 1. The molecule has 4 aromatic heterocycles. The van der Waals surface area contributed by atoms with E-state index in [1.165, 1.54) is 0 Å². The number of imidazole rings is 1. The molecule has 4 aromatic rings. The third-order valence-corrected chi connectivity index (χ3v) is 6.24. The highest BCUT2D eigenvalue weighted by Gasteiger charge is 2.23. The lowest BCUT2D eigenvalue weighted by molar-refractivity contribution is 0.170. The quantitative estimate of drug-likeness (QED) is 0.514. The molecule has 3 N–H and O–H groups in total. The Morgan fingerprint density at radius 2 is 1.94 bits per heavy atom. The molecule has 0 aromatic carbocycles. The summed E-state index contributed by atoms with van der Waals surface area (Å²) in [5, 5.41) is 9.09. The van der Waals surface area contributed by atoms with Gasteiger partial charge in [0.25, 0.3) is 0 Å². The van der Waals surface area contributed by atoms with Gasteiger partial charge in [-0.25, -0.2) is 15.0 Å². The van der Waals surface area contributed by atoms with Crippen LogP contribution in [0.4, 0.5) is 5.82 Å². The molecule has 0 bridgehead atoms. The first kappa shape index (κ1) is 19.8. The zero-order valence-electron chi connectivity index (χ0n) is 17.7. The van der Waals surface area contributed by atoms with Crippen LogP contribution in [-0.2, 0) is 0 Å². The van der Waals surface area contributed by atoms with Crippen LogP contribution in [0.25, 0.3) is 33.3 Å². The molecule has 5 rings (SSSR count). The number of pyridine rings is 3. The summed E-state index contributed by atoms with van der Waals surface area (Å²) in [6.45, 7) is 5.22. The first-order chi connectivity index (χ1) is 15.1. The molecule has 160 valence electrons. The van der Waals surface area contributed by atoms with Gasteiger partial charge in [0.05, 0.1) is 29.3 Å². The molecule has 0 spiro atoms. The molecular weight excluding hydrogens is 390 g/mol. The Morgan fingerprint density at radius 3 is 2.71 bits per heavy atom. The van der Waals surface area contributed by atoms with Crippen molar-refractivity contribution in [3.8, 4) is 11.3 Å². The predicted octanol–water partition coefficient (Wildman–Crippen LogP) is 2.95. The van der Waals surface area contributed by atoms with Crippen molar-refractivity contribution in [2.45, 2.75) is 32.2 Å². The summed E-state index contributed by atoms with van der Waals surface area (Å²) in [6.07, 6.45) is 8.48. The normalized spacial score (nSPS) is 15.8. The second kappa shape index (κ2) is 8.20. The molecular formula is C23H27N7O. The smallest absolute Gasteiger partial charge is 0.126 e. The molecule has 0 saturated carbocycles. The molecule has 0 atom stereocenters. The number of piperidine rings is 1. The molecule has 0 aliphatic carbocycles. The van der Waals surface area contributed by atoms with Crippen molar-refractivity contribution >= 4 is 27.9 Å². The van der Waals surface area contributed by atoms with E-state index in [4.69, 9.17) is 15.8 Å². The van der Waals surface area contributed by atoms with Gasteiger partial charge >= 0.3 is 0 Å². The molecule has 0 amide bonds. The lowest BCUT2D eigenvalue weighted by Crippen LogP contribution is -2.35. The molecule has 31 heavy (non-hydrogen) atoms. The highest BCUT2D eigenvalue weighted by molar-refractivity contribution is 6.00. The number of aromatic nitrogens is 5. The van der Waals surface area contributed by atoms with Gasteiger partial charge in [0.1, 0.15) is 16.9 Å². The van der Waals surface area contributed by atoms with E-state index in [1.54, 1.807) is 6.20 Å². The maximum atomic E-state index is 9.09. The molecule has 1 fully saturated rings. The van der Waals surface area contributed by atoms with E-state index in [9.17, 15) is 0 Å². The van der Waals surface area contributed by atoms with Crippen LogP contribution in [0.2, 0.25) is 0 Å². The van der Waals surface area contributed by atoms with Crippen LogP contribution in [-0.4, -0.2) is 60.8 Å². The fourth-order valence-electron chi connectivity index (χ4n) is 4.45. The largest absolute Gasteiger partial charge is 0.396 e. The standard InChI is InChI=1S/C23H27N7O/c1-15-11-16(12-26-23(15)24)18-3-4-19-21(28-18)22-20(13-25-19)27-14-30(22)17-5-8-29(9-6-17)7-2-10-31/h3-4,11-14,17,31H,2,5-10H2,1H3,(H2,24,26). The zero-order chi connectivity index (χ0) is 21.4. The van der Waals surface area contributed by atoms with Gasteiger partial charge < -0.3 is 20.3 Å². The van der Waals surface area contributed by atoms with Crippen molar-refractivity contribution in [3.05, 3.63) is 42.5 Å². The van der Waals surface area contributed by atoms with E-state index in [1.807, 2.05) is 37.6 Å². The fraction of sp³-hybridized carbons (Fsp3) is 0.391. The Labute approximate surface area is 180 Å². The van der Waals surface area contributed by atoms with Crippen LogP contribution >= 0.6 is 0 Å². The number of hydrogen-bond donors (Lipinski definition) is 2. The third kappa shape index (κ3) is 3.73. The molecule has 0 radical (unpaired) electrons. The minimum Gasteiger partial charge on any atom is -0.396 e. The van der Waals surface area contributed by atoms with Crippen LogP contribution in [0.1, 0.15) is 30.9 Å². The SMILES string of the molecule is Cc1cc(-c2ccc3ncc4ncn(C5CCN(CCCO)CC5)c4c3n2)cnc1N. The number of rotatable bonds is 5. The average Bonchev–Trinajstić information content (AvgIpc) is 3.24. The Morgan fingerprint density at radius 1 is 1.10 bits per heavy atom. The summed E-state index contributed by atoms with van der Waals surface area (Å²) >= 11 is 0. The first-order valence-corrected chi connectivity index (χ1v) is 10.8. The summed E-state index contributed by atoms with van der Waals surface area (Å²) in [5.74, 6) is 0.539. The second-order valence-corrected chi connectivity index (χ2v) is 8.28. The van der Waals surface area contributed by atoms with Crippen molar-refractivity contribution in [2.75, 3.05) is 32.0 Å². The number of hydrogen-bond acceptors (Lipinski definition) is 7. The predicted molar refractivity (Wildman–Crippen MR) is 122 cm³/mol. The number of fused-ring (bicyclic) bond motifs is 3. The van der Waals surface area contributed by atoms with Gasteiger partial charge in [-0.3, -0.25) is 4.98 Å². The number of aliphatic hydroxyl groups excluding tert-OH is 1. The van der Waals surface area contributed by atoms with E-state index >= 15 is 0 Å². The summed E-state index contributed by atoms with van der Waals surface area (Å²) in [6, 6.07) is 6.39. The maximum Gasteiger partial charge on any atom is 0.126 e. The zero-order valence-corrected chi connectivity index (χ0v) is 17.7. The Bertz CT molecular complexity index is 1230. The number of nitrogen functional groups attached to an aromatic ring is 1. The van der Waals surface area contributed by atoms with Gasteiger partial charge in [-0.2, -0.15) is 0 Å². The number of likely N-dealkylation sites (tertiary alicyclic amines) is 1. The van der Waals surface area contributed by atoms with E-state index < -0.39 is 0 Å². The van der Waals surface area contributed by atoms with Crippen molar-refractivity contribution < 1.29 is 5.11 Å². The number of aliphatic hydroxyl groups is 1. The van der Waals surface area contributed by atoms with Crippen LogP contribution in [0.3, 0.4) is 0 Å².